The van der Waals surface area contributed by atoms with Gasteiger partial charge in [-0.2, -0.15) is 0 Å². The quantitative estimate of drug-likeness (QED) is 0.609. The molecule has 2 bridgehead atoms. The van der Waals surface area contributed by atoms with Crippen LogP contribution in [0.3, 0.4) is 0 Å². The second kappa shape index (κ2) is 3.92. The summed E-state index contributed by atoms with van der Waals surface area (Å²) in [7, 11) is 0. The standard InChI is InChI=1S/C15H20O4/c16-7-8-13-6-10-11(17)2-1-5-15(10,19-13)9-3-4-12(18)14(8)9/h6,9,11-13,16-18H,1-5,7H2/t9-,11+,12+,13+,15+/m0/s1. The number of aliphatic hydroxyl groups is 3. The summed E-state index contributed by atoms with van der Waals surface area (Å²) in [5.74, 6) is 0.143. The molecule has 4 aliphatic rings. The Morgan fingerprint density at radius 3 is 2.84 bits per heavy atom. The molecule has 2 heterocycles. The Balaban J connectivity index is 1.87. The number of fused-ring (bicyclic) bond motifs is 2. The normalized spacial score (nSPS) is 48.1. The number of aliphatic hydroxyl groups excluding tert-OH is 3. The van der Waals surface area contributed by atoms with Gasteiger partial charge < -0.3 is 20.1 Å². The third-order valence-electron chi connectivity index (χ3n) is 5.45. The topological polar surface area (TPSA) is 69.9 Å². The molecule has 2 aliphatic heterocycles. The highest BCUT2D eigenvalue weighted by Crippen LogP contribution is 2.58. The van der Waals surface area contributed by atoms with Crippen LogP contribution in [-0.4, -0.2) is 45.8 Å². The van der Waals surface area contributed by atoms with Crippen molar-refractivity contribution >= 4 is 0 Å². The number of rotatable bonds is 1. The highest BCUT2D eigenvalue weighted by Gasteiger charge is 2.59. The average molecular weight is 264 g/mol. The molecule has 0 aromatic carbocycles. The van der Waals surface area contributed by atoms with Crippen molar-refractivity contribution in [1.29, 1.82) is 0 Å². The van der Waals surface area contributed by atoms with E-state index < -0.39 is 17.8 Å². The molecule has 0 aromatic heterocycles. The van der Waals surface area contributed by atoms with Crippen LogP contribution in [-0.2, 0) is 4.74 Å². The summed E-state index contributed by atoms with van der Waals surface area (Å²) in [5, 5.41) is 30.1. The molecule has 0 saturated heterocycles. The minimum absolute atomic E-state index is 0.0660. The Kier molecular flexibility index (Phi) is 2.49. The molecule has 1 spiro atoms. The Morgan fingerprint density at radius 1 is 1.21 bits per heavy atom. The SMILES string of the molecule is OCC1=C2[C@H](O)CC[C@@H]2[C@]23CCC[C@@H](O)C2=C[C@H]1O3. The molecule has 19 heavy (non-hydrogen) atoms. The fourth-order valence-corrected chi connectivity index (χ4v) is 4.71. The summed E-state index contributed by atoms with van der Waals surface area (Å²) in [6, 6.07) is 0. The first kappa shape index (κ1) is 12.1. The van der Waals surface area contributed by atoms with Gasteiger partial charge in [0, 0.05) is 5.92 Å². The molecule has 4 rings (SSSR count). The van der Waals surface area contributed by atoms with Crippen LogP contribution in [0, 0.1) is 5.92 Å². The molecule has 2 fully saturated rings. The Hall–Kier alpha value is -0.680. The fraction of sp³-hybridized carbons (Fsp3) is 0.733. The lowest BCUT2D eigenvalue weighted by Crippen LogP contribution is -2.49. The highest BCUT2D eigenvalue weighted by atomic mass is 16.5. The Bertz CT molecular complexity index is 481. The molecule has 4 nitrogen and oxygen atoms in total. The van der Waals surface area contributed by atoms with Gasteiger partial charge in [-0.3, -0.25) is 0 Å². The summed E-state index contributed by atoms with van der Waals surface area (Å²) >= 11 is 0. The van der Waals surface area contributed by atoms with Crippen molar-refractivity contribution in [3.63, 3.8) is 0 Å². The summed E-state index contributed by atoms with van der Waals surface area (Å²) < 4.78 is 6.24. The maximum absolute atomic E-state index is 10.3. The first-order valence-corrected chi connectivity index (χ1v) is 7.27. The lowest BCUT2D eigenvalue weighted by Gasteiger charge is -2.46. The molecule has 4 heteroatoms. The second-order valence-electron chi connectivity index (χ2n) is 6.24. The summed E-state index contributed by atoms with van der Waals surface area (Å²) in [5.41, 5.74) is 2.44. The van der Waals surface area contributed by atoms with Crippen molar-refractivity contribution in [2.45, 2.75) is 56.0 Å². The molecule has 0 unspecified atom stereocenters. The summed E-state index contributed by atoms with van der Waals surface area (Å²) in [6.45, 7) is -0.0660. The Labute approximate surface area is 112 Å². The monoisotopic (exact) mass is 264 g/mol. The van der Waals surface area contributed by atoms with Crippen LogP contribution in [0.2, 0.25) is 0 Å². The minimum Gasteiger partial charge on any atom is -0.392 e. The zero-order chi connectivity index (χ0) is 13.2. The number of ether oxygens (including phenoxy) is 1. The summed E-state index contributed by atoms with van der Waals surface area (Å²) in [6.07, 6.45) is 5.19. The molecule has 2 saturated carbocycles. The largest absolute Gasteiger partial charge is 0.392 e. The fourth-order valence-electron chi connectivity index (χ4n) is 4.71. The first-order chi connectivity index (χ1) is 9.17. The molecular weight excluding hydrogens is 244 g/mol. The van der Waals surface area contributed by atoms with E-state index in [4.69, 9.17) is 4.74 Å². The average Bonchev–Trinajstić information content (AvgIpc) is 2.93. The summed E-state index contributed by atoms with van der Waals surface area (Å²) in [4.78, 5) is 0. The molecular formula is C15H20O4. The van der Waals surface area contributed by atoms with Crippen LogP contribution in [0.1, 0.15) is 32.1 Å². The minimum atomic E-state index is -0.442. The van der Waals surface area contributed by atoms with Crippen LogP contribution in [0.5, 0.6) is 0 Å². The van der Waals surface area contributed by atoms with Crippen LogP contribution in [0.15, 0.2) is 22.8 Å². The van der Waals surface area contributed by atoms with Crippen molar-refractivity contribution in [3.05, 3.63) is 22.8 Å². The van der Waals surface area contributed by atoms with Gasteiger partial charge in [-0.05, 0) is 54.9 Å². The van der Waals surface area contributed by atoms with E-state index in [0.29, 0.717) is 0 Å². The van der Waals surface area contributed by atoms with Gasteiger partial charge in [-0.25, -0.2) is 0 Å². The molecule has 0 radical (unpaired) electrons. The Morgan fingerprint density at radius 2 is 2.05 bits per heavy atom. The van der Waals surface area contributed by atoms with Gasteiger partial charge in [0.05, 0.1) is 24.4 Å². The van der Waals surface area contributed by atoms with E-state index in [1.807, 2.05) is 6.08 Å². The van der Waals surface area contributed by atoms with Crippen LogP contribution >= 0.6 is 0 Å². The van der Waals surface area contributed by atoms with E-state index in [1.165, 1.54) is 0 Å². The van der Waals surface area contributed by atoms with E-state index in [1.54, 1.807) is 0 Å². The third kappa shape index (κ3) is 1.38. The van der Waals surface area contributed by atoms with E-state index in [-0.39, 0.29) is 18.6 Å². The van der Waals surface area contributed by atoms with Crippen LogP contribution in [0.25, 0.3) is 0 Å². The predicted molar refractivity (Wildman–Crippen MR) is 68.4 cm³/mol. The molecule has 0 amide bonds. The zero-order valence-electron chi connectivity index (χ0n) is 10.9. The van der Waals surface area contributed by atoms with Gasteiger partial charge in [-0.1, -0.05) is 0 Å². The van der Waals surface area contributed by atoms with E-state index in [9.17, 15) is 15.3 Å². The number of hydrogen-bond acceptors (Lipinski definition) is 4. The van der Waals surface area contributed by atoms with E-state index in [2.05, 4.69) is 0 Å². The lowest BCUT2D eigenvalue weighted by molar-refractivity contribution is -0.0879. The van der Waals surface area contributed by atoms with Crippen molar-refractivity contribution in [2.75, 3.05) is 6.61 Å². The van der Waals surface area contributed by atoms with Crippen LogP contribution < -0.4 is 0 Å². The molecule has 5 atom stereocenters. The molecule has 104 valence electrons. The van der Waals surface area contributed by atoms with Gasteiger partial charge in [0.15, 0.2) is 0 Å². The highest BCUT2D eigenvalue weighted by molar-refractivity contribution is 5.47. The van der Waals surface area contributed by atoms with Gasteiger partial charge in [0.1, 0.15) is 6.10 Å². The zero-order valence-corrected chi connectivity index (χ0v) is 10.9. The van der Waals surface area contributed by atoms with Crippen molar-refractivity contribution in [2.24, 2.45) is 5.92 Å². The second-order valence-corrected chi connectivity index (χ2v) is 6.24. The predicted octanol–water partition coefficient (Wildman–Crippen LogP) is 0.669. The molecule has 0 aromatic rings. The molecule has 3 N–H and O–H groups in total. The maximum Gasteiger partial charge on any atom is 0.101 e. The van der Waals surface area contributed by atoms with Gasteiger partial charge in [-0.15, -0.1) is 0 Å². The first-order valence-electron chi connectivity index (χ1n) is 7.27. The van der Waals surface area contributed by atoms with Crippen molar-refractivity contribution in [3.8, 4) is 0 Å². The van der Waals surface area contributed by atoms with Gasteiger partial charge in [0.25, 0.3) is 0 Å². The molecule has 2 aliphatic carbocycles. The van der Waals surface area contributed by atoms with Crippen molar-refractivity contribution < 1.29 is 20.1 Å². The van der Waals surface area contributed by atoms with Gasteiger partial charge >= 0.3 is 0 Å². The van der Waals surface area contributed by atoms with Crippen molar-refractivity contribution in [1.82, 2.24) is 0 Å². The lowest BCUT2D eigenvalue weighted by atomic mass is 9.69. The van der Waals surface area contributed by atoms with Crippen LogP contribution in [0.4, 0.5) is 0 Å². The smallest absolute Gasteiger partial charge is 0.101 e. The van der Waals surface area contributed by atoms with E-state index in [0.717, 1.165) is 48.8 Å². The maximum atomic E-state index is 10.3. The van der Waals surface area contributed by atoms with E-state index >= 15 is 0 Å². The third-order valence-corrected chi connectivity index (χ3v) is 5.45. The van der Waals surface area contributed by atoms with Gasteiger partial charge in [0.2, 0.25) is 0 Å². The number of hydrogen-bond donors (Lipinski definition) is 3.